The number of carbonyl (C=O) groups excluding carboxylic acids is 3. The molecular weight excluding hydrogens is 450 g/mol. The summed E-state index contributed by atoms with van der Waals surface area (Å²) in [6.07, 6.45) is 3.77. The van der Waals surface area contributed by atoms with E-state index in [1.807, 2.05) is 59.6 Å². The van der Waals surface area contributed by atoms with Gasteiger partial charge in [0.1, 0.15) is 6.04 Å². The van der Waals surface area contributed by atoms with E-state index in [-0.39, 0.29) is 17.7 Å². The molecule has 0 aromatic heterocycles. The molecule has 3 heterocycles. The Balaban J connectivity index is 1.46. The lowest BCUT2D eigenvalue weighted by Crippen LogP contribution is -2.46. The minimum atomic E-state index is -0.833. The summed E-state index contributed by atoms with van der Waals surface area (Å²) in [6, 6.07) is 22.3. The average Bonchev–Trinajstić information content (AvgIpc) is 3.32. The average molecular weight is 470 g/mol. The first-order valence-corrected chi connectivity index (χ1v) is 11.5. The summed E-state index contributed by atoms with van der Waals surface area (Å²) in [7, 11) is 0. The summed E-state index contributed by atoms with van der Waals surface area (Å²) >= 11 is 6.16. The van der Waals surface area contributed by atoms with Crippen molar-refractivity contribution in [3.8, 4) is 0 Å². The minimum Gasteiger partial charge on any atom is -0.357 e. The highest BCUT2D eigenvalue weighted by Crippen LogP contribution is 2.53. The molecule has 1 N–H and O–H groups in total. The molecule has 2 saturated heterocycles. The molecule has 3 aliphatic rings. The Morgan fingerprint density at radius 1 is 0.853 bits per heavy atom. The second-order valence-corrected chi connectivity index (χ2v) is 9.12. The number of rotatable bonds is 3. The van der Waals surface area contributed by atoms with Crippen LogP contribution in [-0.4, -0.2) is 28.7 Å². The van der Waals surface area contributed by atoms with Gasteiger partial charge in [-0.2, -0.15) is 0 Å². The number of anilines is 2. The van der Waals surface area contributed by atoms with Crippen molar-refractivity contribution in [1.82, 2.24) is 4.90 Å². The van der Waals surface area contributed by atoms with Gasteiger partial charge in [0.15, 0.2) is 0 Å². The molecule has 3 aromatic rings. The van der Waals surface area contributed by atoms with Crippen LogP contribution in [0, 0.1) is 11.8 Å². The number of imide groups is 1. The Morgan fingerprint density at radius 3 is 2.38 bits per heavy atom. The first-order valence-electron chi connectivity index (χ1n) is 11.1. The van der Waals surface area contributed by atoms with E-state index >= 15 is 0 Å². The van der Waals surface area contributed by atoms with Crippen LogP contribution in [0.3, 0.4) is 0 Å². The lowest BCUT2D eigenvalue weighted by Gasteiger charge is -2.35. The van der Waals surface area contributed by atoms with Crippen LogP contribution in [0.25, 0.3) is 6.08 Å². The molecule has 0 bridgehead atoms. The zero-order valence-corrected chi connectivity index (χ0v) is 18.7. The van der Waals surface area contributed by atoms with E-state index in [2.05, 4.69) is 5.32 Å². The van der Waals surface area contributed by atoms with Gasteiger partial charge in [0.25, 0.3) is 0 Å². The molecule has 34 heavy (non-hydrogen) atoms. The van der Waals surface area contributed by atoms with Crippen LogP contribution in [-0.2, 0) is 14.4 Å². The predicted molar refractivity (Wildman–Crippen MR) is 130 cm³/mol. The van der Waals surface area contributed by atoms with Gasteiger partial charge in [-0.15, -0.1) is 0 Å². The van der Waals surface area contributed by atoms with E-state index in [0.29, 0.717) is 16.4 Å². The molecule has 4 atom stereocenters. The number of hydrogen-bond acceptors (Lipinski definition) is 4. The van der Waals surface area contributed by atoms with Crippen molar-refractivity contribution in [3.63, 3.8) is 0 Å². The molecule has 0 saturated carbocycles. The van der Waals surface area contributed by atoms with Gasteiger partial charge < -0.3 is 10.2 Å². The number of carbonyl (C=O) groups is 3. The molecule has 3 aromatic carbocycles. The van der Waals surface area contributed by atoms with Crippen molar-refractivity contribution in [2.24, 2.45) is 11.8 Å². The van der Waals surface area contributed by atoms with E-state index in [1.165, 1.54) is 4.90 Å². The van der Waals surface area contributed by atoms with Gasteiger partial charge in [-0.3, -0.25) is 14.4 Å². The summed E-state index contributed by atoms with van der Waals surface area (Å²) < 4.78 is 0. The van der Waals surface area contributed by atoms with E-state index in [4.69, 9.17) is 11.6 Å². The standard InChI is InChI=1S/C27H20ClN3O3/c28-17-8-6-11-19(15-17)31-26(33)21-22(27(31)34)24(25(32)29-18-9-2-1-3-10-18)30-14-13-16-7-4-5-12-20(16)23(21)30/h1-15,21-24H,(H,29,32)/t21-,22+,23+,24-/m0/s1. The first kappa shape index (κ1) is 20.7. The van der Waals surface area contributed by atoms with E-state index in [0.717, 1.165) is 11.1 Å². The SMILES string of the molecule is O=C(Nc1ccccc1)[C@@H]1[C@@H]2C(=O)N(c3cccc(Cl)c3)C(=O)[C@@H]2[C@H]2c3ccccc3C=CN12. The highest BCUT2D eigenvalue weighted by Gasteiger charge is 2.64. The molecule has 6 nitrogen and oxygen atoms in total. The lowest BCUT2D eigenvalue weighted by atomic mass is 9.84. The van der Waals surface area contributed by atoms with Crippen molar-refractivity contribution in [3.05, 3.63) is 101 Å². The normalized spacial score (nSPS) is 24.6. The number of halogens is 1. The van der Waals surface area contributed by atoms with Crippen LogP contribution in [0.5, 0.6) is 0 Å². The number of para-hydroxylation sites is 1. The van der Waals surface area contributed by atoms with Crippen LogP contribution in [0.15, 0.2) is 85.1 Å². The van der Waals surface area contributed by atoms with Gasteiger partial charge in [-0.1, -0.05) is 60.1 Å². The summed E-state index contributed by atoms with van der Waals surface area (Å²) in [5.41, 5.74) is 2.97. The van der Waals surface area contributed by atoms with E-state index in [9.17, 15) is 14.4 Å². The molecular formula is C27H20ClN3O3. The van der Waals surface area contributed by atoms with Gasteiger partial charge in [0.2, 0.25) is 17.7 Å². The van der Waals surface area contributed by atoms with Crippen molar-refractivity contribution in [2.75, 3.05) is 10.2 Å². The van der Waals surface area contributed by atoms with Crippen LogP contribution >= 0.6 is 11.6 Å². The number of fused-ring (bicyclic) bond motifs is 5. The summed E-state index contributed by atoms with van der Waals surface area (Å²) in [5, 5.41) is 3.37. The number of benzene rings is 3. The molecule has 2 fully saturated rings. The van der Waals surface area contributed by atoms with Crippen molar-refractivity contribution >= 4 is 46.8 Å². The Hall–Kier alpha value is -3.90. The van der Waals surface area contributed by atoms with Gasteiger partial charge in [-0.25, -0.2) is 4.90 Å². The van der Waals surface area contributed by atoms with Gasteiger partial charge in [0.05, 0.1) is 23.6 Å². The van der Waals surface area contributed by atoms with E-state index in [1.54, 1.807) is 36.4 Å². The zero-order valence-electron chi connectivity index (χ0n) is 18.0. The Labute approximate surface area is 201 Å². The Morgan fingerprint density at radius 2 is 1.59 bits per heavy atom. The molecule has 0 unspecified atom stereocenters. The molecule has 168 valence electrons. The molecule has 6 rings (SSSR count). The van der Waals surface area contributed by atoms with Gasteiger partial charge >= 0.3 is 0 Å². The minimum absolute atomic E-state index is 0.313. The van der Waals surface area contributed by atoms with Gasteiger partial charge in [0, 0.05) is 16.9 Å². The monoisotopic (exact) mass is 469 g/mol. The maximum atomic E-state index is 13.8. The highest BCUT2D eigenvalue weighted by molar-refractivity contribution is 6.31. The third-order valence-corrected chi connectivity index (χ3v) is 7.07. The van der Waals surface area contributed by atoms with Crippen molar-refractivity contribution < 1.29 is 14.4 Å². The van der Waals surface area contributed by atoms with Crippen molar-refractivity contribution in [2.45, 2.75) is 12.1 Å². The molecule has 3 amide bonds. The summed E-state index contributed by atoms with van der Waals surface area (Å²) in [6.45, 7) is 0. The second-order valence-electron chi connectivity index (χ2n) is 8.68. The third-order valence-electron chi connectivity index (χ3n) is 6.84. The van der Waals surface area contributed by atoms with Crippen molar-refractivity contribution in [1.29, 1.82) is 0 Å². The number of nitrogens with zero attached hydrogens (tertiary/aromatic N) is 2. The van der Waals surface area contributed by atoms with Crippen LogP contribution in [0.2, 0.25) is 5.02 Å². The summed E-state index contributed by atoms with van der Waals surface area (Å²) in [4.78, 5) is 44.2. The van der Waals surface area contributed by atoms with Gasteiger partial charge in [-0.05, 0) is 47.5 Å². The Bertz CT molecular complexity index is 1360. The maximum Gasteiger partial charge on any atom is 0.247 e. The number of nitrogens with one attached hydrogen (secondary N) is 1. The maximum absolute atomic E-state index is 13.8. The summed E-state index contributed by atoms with van der Waals surface area (Å²) in [5.74, 6) is -2.53. The molecule has 0 radical (unpaired) electrons. The smallest absolute Gasteiger partial charge is 0.247 e. The lowest BCUT2D eigenvalue weighted by molar-refractivity contribution is -0.128. The van der Waals surface area contributed by atoms with Crippen LogP contribution < -0.4 is 10.2 Å². The van der Waals surface area contributed by atoms with E-state index < -0.39 is 23.9 Å². The molecule has 0 aliphatic carbocycles. The largest absolute Gasteiger partial charge is 0.357 e. The molecule has 0 spiro atoms. The van der Waals surface area contributed by atoms with Crippen LogP contribution in [0.1, 0.15) is 17.2 Å². The highest BCUT2D eigenvalue weighted by atomic mass is 35.5. The fourth-order valence-electron chi connectivity index (χ4n) is 5.46. The fourth-order valence-corrected chi connectivity index (χ4v) is 5.65. The fraction of sp³-hybridized carbons (Fsp3) is 0.148. The molecule has 7 heteroatoms. The first-order chi connectivity index (χ1) is 16.5. The molecule has 3 aliphatic heterocycles. The Kier molecular flexibility index (Phi) is 4.78. The van der Waals surface area contributed by atoms with Crippen LogP contribution in [0.4, 0.5) is 11.4 Å². The predicted octanol–water partition coefficient (Wildman–Crippen LogP) is 4.49. The quantitative estimate of drug-likeness (QED) is 0.574. The zero-order chi connectivity index (χ0) is 23.4. The number of hydrogen-bond donors (Lipinski definition) is 1. The third kappa shape index (κ3) is 3.06. The number of amides is 3. The topological polar surface area (TPSA) is 69.7 Å². The second kappa shape index (κ2) is 7.85.